The summed E-state index contributed by atoms with van der Waals surface area (Å²) in [5, 5.41) is 8.85. The van der Waals surface area contributed by atoms with Crippen LogP contribution in [0.1, 0.15) is 17.5 Å². The molecule has 200 valence electrons. The largest absolute Gasteiger partial charge is 0.494 e. The van der Waals surface area contributed by atoms with E-state index in [1.807, 2.05) is 37.3 Å². The number of para-hydroxylation sites is 1. The number of benzene rings is 1. The average Bonchev–Trinajstić information content (AvgIpc) is 3.38. The molecule has 0 radical (unpaired) electrons. The summed E-state index contributed by atoms with van der Waals surface area (Å²) in [4.78, 5) is 13.4. The third kappa shape index (κ3) is 5.58. The molecule has 0 amide bonds. The summed E-state index contributed by atoms with van der Waals surface area (Å²) in [6.07, 6.45) is 1.28. The zero-order valence-corrected chi connectivity index (χ0v) is 22.8. The molecule has 0 aliphatic carbocycles. The smallest absolute Gasteiger partial charge is 0.239 e. The van der Waals surface area contributed by atoms with Crippen molar-refractivity contribution in [2.75, 3.05) is 46.0 Å². The molecule has 1 unspecified atom stereocenters. The van der Waals surface area contributed by atoms with Gasteiger partial charge in [-0.1, -0.05) is 12.1 Å². The topological polar surface area (TPSA) is 128 Å². The zero-order chi connectivity index (χ0) is 27.1. The Morgan fingerprint density at radius 1 is 0.895 bits per heavy atom. The molecule has 0 saturated carbocycles. The molecule has 38 heavy (non-hydrogen) atoms. The minimum atomic E-state index is -0.396. The Hall–Kier alpha value is -4.10. The van der Waals surface area contributed by atoms with Gasteiger partial charge in [0.2, 0.25) is 17.7 Å². The number of methoxy groups -OCH3 is 5. The van der Waals surface area contributed by atoms with Crippen molar-refractivity contribution in [1.82, 2.24) is 29.7 Å². The van der Waals surface area contributed by atoms with E-state index in [9.17, 15) is 0 Å². The van der Waals surface area contributed by atoms with Crippen LogP contribution in [0.25, 0.3) is 17.2 Å². The maximum atomic E-state index is 5.69. The molecule has 4 aromatic rings. The molecule has 0 aliphatic heterocycles. The second-order valence-electron chi connectivity index (χ2n) is 7.80. The fourth-order valence-corrected chi connectivity index (χ4v) is 4.50. The molecule has 12 nitrogen and oxygen atoms in total. The molecular formula is C25H29N7O5S. The maximum Gasteiger partial charge on any atom is 0.239 e. The second kappa shape index (κ2) is 12.4. The van der Waals surface area contributed by atoms with Crippen molar-refractivity contribution in [3.63, 3.8) is 0 Å². The Balaban J connectivity index is 1.71. The normalized spacial score (nSPS) is 11.6. The number of aromatic nitrogens is 6. The van der Waals surface area contributed by atoms with Crippen LogP contribution in [0.2, 0.25) is 0 Å². The van der Waals surface area contributed by atoms with Crippen LogP contribution in [0.15, 0.2) is 42.6 Å². The van der Waals surface area contributed by atoms with Gasteiger partial charge in [0, 0.05) is 25.1 Å². The standard InChI is InChI=1S/C25H29N7O5S/c1-15-13-26-21(24(27-15)37-6)19(35-4)14-38-31-25-30-29-23(16-9-7-12-20(28-16)36-5)32(25)22-17(33-2)10-8-11-18(22)34-3/h7-13,19H,14H2,1-6H3,(H,30,31). The first kappa shape index (κ1) is 26.9. The first-order valence-electron chi connectivity index (χ1n) is 11.5. The lowest BCUT2D eigenvalue weighted by atomic mass is 10.2. The first-order valence-corrected chi connectivity index (χ1v) is 12.5. The van der Waals surface area contributed by atoms with Crippen molar-refractivity contribution in [2.45, 2.75) is 13.0 Å². The summed E-state index contributed by atoms with van der Waals surface area (Å²) in [5.41, 5.74) is 2.52. The van der Waals surface area contributed by atoms with E-state index in [-0.39, 0.29) is 0 Å². The molecule has 0 fully saturated rings. The molecule has 1 aromatic carbocycles. The highest BCUT2D eigenvalue weighted by molar-refractivity contribution is 8.00. The number of ether oxygens (including phenoxy) is 5. The summed E-state index contributed by atoms with van der Waals surface area (Å²) in [7, 11) is 7.91. The van der Waals surface area contributed by atoms with Gasteiger partial charge in [0.15, 0.2) is 5.82 Å². The van der Waals surface area contributed by atoms with Gasteiger partial charge in [-0.05, 0) is 37.1 Å². The Bertz CT molecular complexity index is 1360. The number of hydrogen-bond donors (Lipinski definition) is 1. The monoisotopic (exact) mass is 539 g/mol. The van der Waals surface area contributed by atoms with E-state index in [4.69, 9.17) is 23.7 Å². The Labute approximate surface area is 224 Å². The fraction of sp³-hybridized carbons (Fsp3) is 0.320. The van der Waals surface area contributed by atoms with Crippen LogP contribution in [0.5, 0.6) is 23.3 Å². The van der Waals surface area contributed by atoms with E-state index in [1.54, 1.807) is 52.4 Å². The van der Waals surface area contributed by atoms with Crippen molar-refractivity contribution in [3.05, 3.63) is 54.0 Å². The average molecular weight is 540 g/mol. The Morgan fingerprint density at radius 2 is 1.63 bits per heavy atom. The van der Waals surface area contributed by atoms with Crippen molar-refractivity contribution < 1.29 is 23.7 Å². The van der Waals surface area contributed by atoms with Gasteiger partial charge >= 0.3 is 0 Å². The SMILES string of the molecule is COc1cccc(-c2nnc(NSCC(OC)c3ncc(C)nc3OC)n2-c2c(OC)cccc2OC)n1. The molecule has 3 aromatic heterocycles. The summed E-state index contributed by atoms with van der Waals surface area (Å²) in [6, 6.07) is 10.9. The van der Waals surface area contributed by atoms with Gasteiger partial charge in [-0.15, -0.1) is 10.2 Å². The summed E-state index contributed by atoms with van der Waals surface area (Å²) < 4.78 is 32.8. The van der Waals surface area contributed by atoms with Gasteiger partial charge in [0.25, 0.3) is 0 Å². The number of pyridine rings is 1. The van der Waals surface area contributed by atoms with Crippen molar-refractivity contribution in [2.24, 2.45) is 0 Å². The van der Waals surface area contributed by atoms with Crippen LogP contribution < -0.4 is 23.7 Å². The number of nitrogens with one attached hydrogen (secondary N) is 1. The lowest BCUT2D eigenvalue weighted by Gasteiger charge is -2.19. The Kier molecular flexibility index (Phi) is 8.81. The lowest BCUT2D eigenvalue weighted by molar-refractivity contribution is 0.116. The van der Waals surface area contributed by atoms with E-state index in [2.05, 4.69) is 29.9 Å². The number of rotatable bonds is 12. The van der Waals surface area contributed by atoms with E-state index >= 15 is 0 Å². The number of nitrogens with zero attached hydrogens (tertiary/aromatic N) is 6. The predicted octanol–water partition coefficient (Wildman–Crippen LogP) is 3.91. The molecule has 1 N–H and O–H groups in total. The molecule has 0 spiro atoms. The summed E-state index contributed by atoms with van der Waals surface area (Å²) >= 11 is 1.36. The fourth-order valence-electron chi connectivity index (χ4n) is 3.71. The molecule has 0 saturated heterocycles. The van der Waals surface area contributed by atoms with Gasteiger partial charge in [-0.3, -0.25) is 14.3 Å². The molecular weight excluding hydrogens is 510 g/mol. The molecule has 1 atom stereocenters. The number of anilines is 1. The van der Waals surface area contributed by atoms with Gasteiger partial charge in [-0.2, -0.15) is 0 Å². The maximum absolute atomic E-state index is 5.69. The highest BCUT2D eigenvalue weighted by Gasteiger charge is 2.24. The Morgan fingerprint density at radius 3 is 2.29 bits per heavy atom. The number of aryl methyl sites for hydroxylation is 1. The van der Waals surface area contributed by atoms with Crippen LogP contribution >= 0.6 is 11.9 Å². The molecule has 4 rings (SSSR count). The predicted molar refractivity (Wildman–Crippen MR) is 143 cm³/mol. The van der Waals surface area contributed by atoms with Gasteiger partial charge in [0.1, 0.15) is 34.7 Å². The van der Waals surface area contributed by atoms with E-state index in [0.717, 1.165) is 5.69 Å². The minimum Gasteiger partial charge on any atom is -0.494 e. The molecule has 0 aliphatic rings. The quantitative estimate of drug-likeness (QED) is 0.262. The third-order valence-electron chi connectivity index (χ3n) is 5.52. The summed E-state index contributed by atoms with van der Waals surface area (Å²) in [5.74, 6) is 3.35. The molecule has 0 bridgehead atoms. The van der Waals surface area contributed by atoms with E-state index in [0.29, 0.717) is 57.9 Å². The minimum absolute atomic E-state index is 0.396. The van der Waals surface area contributed by atoms with Crippen molar-refractivity contribution in [1.29, 1.82) is 0 Å². The highest BCUT2D eigenvalue weighted by Crippen LogP contribution is 2.38. The zero-order valence-electron chi connectivity index (χ0n) is 22.0. The highest BCUT2D eigenvalue weighted by atomic mass is 32.2. The third-order valence-corrected chi connectivity index (χ3v) is 6.32. The van der Waals surface area contributed by atoms with Gasteiger partial charge in [0.05, 0.1) is 34.1 Å². The summed E-state index contributed by atoms with van der Waals surface area (Å²) in [6.45, 7) is 1.85. The van der Waals surface area contributed by atoms with Gasteiger partial charge in [-0.25, -0.2) is 9.97 Å². The number of hydrogen-bond acceptors (Lipinski definition) is 12. The van der Waals surface area contributed by atoms with Crippen molar-refractivity contribution >= 4 is 17.9 Å². The van der Waals surface area contributed by atoms with E-state index < -0.39 is 6.10 Å². The van der Waals surface area contributed by atoms with Crippen molar-refractivity contribution in [3.8, 4) is 40.5 Å². The van der Waals surface area contributed by atoms with Gasteiger partial charge < -0.3 is 23.7 Å². The van der Waals surface area contributed by atoms with Crippen LogP contribution in [-0.2, 0) is 4.74 Å². The van der Waals surface area contributed by atoms with Crippen LogP contribution in [-0.4, -0.2) is 71.0 Å². The van der Waals surface area contributed by atoms with Crippen LogP contribution in [0.4, 0.5) is 5.95 Å². The lowest BCUT2D eigenvalue weighted by Crippen LogP contribution is -2.12. The first-order chi connectivity index (χ1) is 18.5. The van der Waals surface area contributed by atoms with Crippen LogP contribution in [0, 0.1) is 6.92 Å². The molecule has 3 heterocycles. The van der Waals surface area contributed by atoms with Crippen LogP contribution in [0.3, 0.4) is 0 Å². The van der Waals surface area contributed by atoms with E-state index in [1.165, 1.54) is 11.9 Å². The molecule has 13 heteroatoms. The second-order valence-corrected chi connectivity index (χ2v) is 8.63.